The summed E-state index contributed by atoms with van der Waals surface area (Å²) in [5, 5.41) is 15.0. The van der Waals surface area contributed by atoms with E-state index in [0.29, 0.717) is 5.69 Å². The zero-order chi connectivity index (χ0) is 25.7. The van der Waals surface area contributed by atoms with Crippen LogP contribution in [0.25, 0.3) is 11.1 Å². The molecule has 8 heteroatoms. The van der Waals surface area contributed by atoms with Crippen LogP contribution in [0.2, 0.25) is 0 Å². The molecular formula is C28H26N2O6. The first kappa shape index (κ1) is 24.5. The number of aliphatic carboxylic acids is 1. The maximum atomic E-state index is 12.8. The van der Waals surface area contributed by atoms with Crippen molar-refractivity contribution in [1.29, 1.82) is 0 Å². The molecule has 3 aromatic carbocycles. The van der Waals surface area contributed by atoms with E-state index in [1.807, 2.05) is 48.5 Å². The molecule has 1 aliphatic rings. The van der Waals surface area contributed by atoms with E-state index >= 15 is 0 Å². The number of carboxylic acids is 1. The Bertz CT molecular complexity index is 1280. The molecule has 0 fully saturated rings. The van der Waals surface area contributed by atoms with Gasteiger partial charge in [-0.3, -0.25) is 5.32 Å². The number of ether oxygens (including phenoxy) is 2. The van der Waals surface area contributed by atoms with Gasteiger partial charge in [-0.2, -0.15) is 0 Å². The van der Waals surface area contributed by atoms with Crippen molar-refractivity contribution in [2.75, 3.05) is 18.5 Å². The summed E-state index contributed by atoms with van der Waals surface area (Å²) in [5.41, 5.74) is 3.02. The van der Waals surface area contributed by atoms with Gasteiger partial charge >= 0.3 is 18.2 Å². The van der Waals surface area contributed by atoms with Crippen LogP contribution in [0.3, 0.4) is 0 Å². The van der Waals surface area contributed by atoms with Crippen molar-refractivity contribution in [3.8, 4) is 11.1 Å². The number of rotatable bonds is 8. The standard InChI is InChI=1S/C28H26N2O6/c1-3-15-35-26(33)29-19-10-8-9-18(16-19)28(2,25(31)32)30-27(34)36-17-24-22-13-6-4-11-20(22)21-12-5-7-14-23(21)24/h3-14,16,24H,1,15,17H2,2H3,(H,29,33)(H,30,34)(H,31,32). The van der Waals surface area contributed by atoms with Crippen LogP contribution in [-0.4, -0.2) is 36.5 Å². The maximum absolute atomic E-state index is 12.8. The number of alkyl carbamates (subject to hydrolysis) is 1. The maximum Gasteiger partial charge on any atom is 0.411 e. The number of carbonyl (C=O) groups is 3. The van der Waals surface area contributed by atoms with Crippen molar-refractivity contribution in [3.05, 3.63) is 102 Å². The van der Waals surface area contributed by atoms with Gasteiger partial charge in [0, 0.05) is 11.6 Å². The Morgan fingerprint density at radius 3 is 2.19 bits per heavy atom. The highest BCUT2D eigenvalue weighted by atomic mass is 16.6. The Kier molecular flexibility index (Phi) is 7.05. The molecule has 1 unspecified atom stereocenters. The number of hydrogen-bond donors (Lipinski definition) is 3. The fourth-order valence-electron chi connectivity index (χ4n) is 4.28. The minimum atomic E-state index is -1.81. The number of carbonyl (C=O) groups excluding carboxylic acids is 2. The Morgan fingerprint density at radius 2 is 1.58 bits per heavy atom. The van der Waals surface area contributed by atoms with Gasteiger partial charge in [0.15, 0.2) is 5.54 Å². The third-order valence-corrected chi connectivity index (χ3v) is 6.14. The molecular weight excluding hydrogens is 460 g/mol. The second kappa shape index (κ2) is 10.4. The number of amides is 2. The Hall–Kier alpha value is -4.59. The van der Waals surface area contributed by atoms with E-state index in [1.54, 1.807) is 12.1 Å². The van der Waals surface area contributed by atoms with Crippen LogP contribution in [0, 0.1) is 0 Å². The Balaban J connectivity index is 1.48. The summed E-state index contributed by atoms with van der Waals surface area (Å²) < 4.78 is 10.4. The summed E-state index contributed by atoms with van der Waals surface area (Å²) in [5.74, 6) is -1.45. The van der Waals surface area contributed by atoms with Gasteiger partial charge in [0.2, 0.25) is 0 Å². The van der Waals surface area contributed by atoms with Crippen molar-refractivity contribution < 1.29 is 29.0 Å². The van der Waals surface area contributed by atoms with Gasteiger partial charge in [0.05, 0.1) is 0 Å². The normalized spacial score (nSPS) is 13.5. The van der Waals surface area contributed by atoms with Crippen molar-refractivity contribution >= 4 is 23.8 Å². The molecule has 0 radical (unpaired) electrons. The molecule has 1 atom stereocenters. The van der Waals surface area contributed by atoms with Crippen molar-refractivity contribution in [2.45, 2.75) is 18.4 Å². The zero-order valence-corrected chi connectivity index (χ0v) is 19.7. The predicted octanol–water partition coefficient (Wildman–Crippen LogP) is 5.26. The number of fused-ring (bicyclic) bond motifs is 3. The van der Waals surface area contributed by atoms with E-state index in [1.165, 1.54) is 25.1 Å². The molecule has 3 N–H and O–H groups in total. The third kappa shape index (κ3) is 4.93. The number of nitrogens with one attached hydrogen (secondary N) is 2. The lowest BCUT2D eigenvalue weighted by atomic mass is 9.92. The van der Waals surface area contributed by atoms with Crippen LogP contribution < -0.4 is 10.6 Å². The Labute approximate surface area is 208 Å². The number of anilines is 1. The molecule has 0 heterocycles. The summed E-state index contributed by atoms with van der Waals surface area (Å²) in [7, 11) is 0. The highest BCUT2D eigenvalue weighted by molar-refractivity contribution is 5.88. The van der Waals surface area contributed by atoms with Crippen molar-refractivity contribution in [2.24, 2.45) is 0 Å². The second-order valence-electron chi connectivity index (χ2n) is 8.47. The molecule has 0 spiro atoms. The van der Waals surface area contributed by atoms with Crippen LogP contribution in [0.1, 0.15) is 29.5 Å². The lowest BCUT2D eigenvalue weighted by molar-refractivity contribution is -0.144. The monoisotopic (exact) mass is 486 g/mol. The summed E-state index contributed by atoms with van der Waals surface area (Å²) >= 11 is 0. The summed E-state index contributed by atoms with van der Waals surface area (Å²) in [4.78, 5) is 36.9. The lowest BCUT2D eigenvalue weighted by Gasteiger charge is -2.27. The first-order chi connectivity index (χ1) is 17.3. The van der Waals surface area contributed by atoms with Crippen LogP contribution in [-0.2, 0) is 19.8 Å². The summed E-state index contributed by atoms with van der Waals surface area (Å²) in [6.45, 7) is 4.90. The van der Waals surface area contributed by atoms with Crippen LogP contribution in [0.5, 0.6) is 0 Å². The highest BCUT2D eigenvalue weighted by Gasteiger charge is 2.38. The molecule has 3 aromatic rings. The summed E-state index contributed by atoms with van der Waals surface area (Å²) in [6, 6.07) is 22.0. The molecule has 8 nitrogen and oxygen atoms in total. The van der Waals surface area contributed by atoms with Gasteiger partial charge in [-0.05, 0) is 46.9 Å². The van der Waals surface area contributed by atoms with Crippen LogP contribution in [0.15, 0.2) is 85.5 Å². The first-order valence-corrected chi connectivity index (χ1v) is 11.3. The van der Waals surface area contributed by atoms with Gasteiger partial charge in [-0.1, -0.05) is 73.3 Å². The topological polar surface area (TPSA) is 114 Å². The van der Waals surface area contributed by atoms with E-state index in [4.69, 9.17) is 9.47 Å². The smallest absolute Gasteiger partial charge is 0.411 e. The molecule has 0 aliphatic heterocycles. The van der Waals surface area contributed by atoms with E-state index in [0.717, 1.165) is 22.3 Å². The van der Waals surface area contributed by atoms with Gasteiger partial charge in [0.25, 0.3) is 0 Å². The van der Waals surface area contributed by atoms with E-state index in [-0.39, 0.29) is 24.7 Å². The lowest BCUT2D eigenvalue weighted by Crippen LogP contribution is -2.50. The molecule has 0 saturated carbocycles. The fourth-order valence-corrected chi connectivity index (χ4v) is 4.28. The van der Waals surface area contributed by atoms with E-state index < -0.39 is 23.7 Å². The second-order valence-corrected chi connectivity index (χ2v) is 8.47. The molecule has 0 saturated heterocycles. The highest BCUT2D eigenvalue weighted by Crippen LogP contribution is 2.44. The fraction of sp³-hybridized carbons (Fsp3) is 0.179. The molecule has 1 aliphatic carbocycles. The third-order valence-electron chi connectivity index (χ3n) is 6.14. The van der Waals surface area contributed by atoms with Gasteiger partial charge < -0.3 is 19.9 Å². The SMILES string of the molecule is C=CCOC(=O)Nc1cccc(C(C)(NC(=O)OCC2c3ccccc3-c3ccccc32)C(=O)O)c1. The average molecular weight is 487 g/mol. The van der Waals surface area contributed by atoms with Gasteiger partial charge in [0.1, 0.15) is 13.2 Å². The largest absolute Gasteiger partial charge is 0.479 e. The average Bonchev–Trinajstić information content (AvgIpc) is 3.20. The molecule has 184 valence electrons. The number of carboxylic acid groups (broad SMARTS) is 1. The molecule has 0 bridgehead atoms. The van der Waals surface area contributed by atoms with Crippen LogP contribution in [0.4, 0.5) is 15.3 Å². The first-order valence-electron chi connectivity index (χ1n) is 11.3. The molecule has 36 heavy (non-hydrogen) atoms. The number of hydrogen-bond acceptors (Lipinski definition) is 5. The molecule has 4 rings (SSSR count). The minimum absolute atomic E-state index is 0.0295. The van der Waals surface area contributed by atoms with Gasteiger partial charge in [-0.25, -0.2) is 14.4 Å². The van der Waals surface area contributed by atoms with E-state index in [9.17, 15) is 19.5 Å². The predicted molar refractivity (Wildman–Crippen MR) is 135 cm³/mol. The van der Waals surface area contributed by atoms with Crippen molar-refractivity contribution in [3.63, 3.8) is 0 Å². The van der Waals surface area contributed by atoms with Crippen LogP contribution >= 0.6 is 0 Å². The zero-order valence-electron chi connectivity index (χ0n) is 19.7. The molecule has 0 aromatic heterocycles. The van der Waals surface area contributed by atoms with Crippen molar-refractivity contribution in [1.82, 2.24) is 5.32 Å². The van der Waals surface area contributed by atoms with E-state index in [2.05, 4.69) is 17.2 Å². The van der Waals surface area contributed by atoms with Gasteiger partial charge in [-0.15, -0.1) is 0 Å². The molecule has 2 amide bonds. The quantitative estimate of drug-likeness (QED) is 0.374. The Morgan fingerprint density at radius 1 is 0.944 bits per heavy atom. The summed E-state index contributed by atoms with van der Waals surface area (Å²) in [6.07, 6.45) is -0.158. The number of benzene rings is 3. The minimum Gasteiger partial charge on any atom is -0.479 e.